The standard InChI is InChI=1S/C16H25NO3/c1-4-12(5-2)11-20-14-8-6-13(7-9-14)10-15(17)16(18)19-3/h6-9,12,15H,4-5,10-11,17H2,1-3H3. The average Bonchev–Trinajstić information content (AvgIpc) is 2.49. The molecule has 0 aliphatic carbocycles. The number of rotatable bonds is 8. The Morgan fingerprint density at radius 3 is 2.30 bits per heavy atom. The molecule has 0 heterocycles. The van der Waals surface area contributed by atoms with E-state index in [9.17, 15) is 4.79 Å². The van der Waals surface area contributed by atoms with Crippen molar-refractivity contribution in [1.29, 1.82) is 0 Å². The highest BCUT2D eigenvalue weighted by Gasteiger charge is 2.14. The Kier molecular flexibility index (Phi) is 7.09. The number of carbonyl (C=O) groups excluding carboxylic acids is 1. The van der Waals surface area contributed by atoms with Gasteiger partial charge >= 0.3 is 5.97 Å². The summed E-state index contributed by atoms with van der Waals surface area (Å²) in [7, 11) is 1.34. The van der Waals surface area contributed by atoms with Crippen LogP contribution in [0.3, 0.4) is 0 Å². The van der Waals surface area contributed by atoms with Gasteiger partial charge in [-0.15, -0.1) is 0 Å². The van der Waals surface area contributed by atoms with Gasteiger partial charge in [0.25, 0.3) is 0 Å². The molecule has 0 bridgehead atoms. The summed E-state index contributed by atoms with van der Waals surface area (Å²) >= 11 is 0. The van der Waals surface area contributed by atoms with Gasteiger partial charge in [0.05, 0.1) is 13.7 Å². The van der Waals surface area contributed by atoms with E-state index in [2.05, 4.69) is 18.6 Å². The second kappa shape index (κ2) is 8.59. The van der Waals surface area contributed by atoms with Crippen molar-refractivity contribution >= 4 is 5.97 Å². The molecule has 1 unspecified atom stereocenters. The minimum atomic E-state index is -0.615. The third-order valence-corrected chi connectivity index (χ3v) is 3.52. The minimum Gasteiger partial charge on any atom is -0.493 e. The van der Waals surface area contributed by atoms with Gasteiger partial charge in [-0.1, -0.05) is 38.8 Å². The number of methoxy groups -OCH3 is 1. The molecule has 20 heavy (non-hydrogen) atoms. The number of esters is 1. The summed E-state index contributed by atoms with van der Waals surface area (Å²) in [5.74, 6) is 1.06. The van der Waals surface area contributed by atoms with Crippen molar-refractivity contribution in [3.8, 4) is 5.75 Å². The molecule has 1 rings (SSSR count). The summed E-state index contributed by atoms with van der Waals surface area (Å²) in [6.45, 7) is 5.09. The van der Waals surface area contributed by atoms with Crippen LogP contribution in [0.5, 0.6) is 5.75 Å². The van der Waals surface area contributed by atoms with E-state index in [0.29, 0.717) is 12.3 Å². The Hall–Kier alpha value is -1.55. The van der Waals surface area contributed by atoms with E-state index in [0.717, 1.165) is 30.8 Å². The van der Waals surface area contributed by atoms with Crippen LogP contribution in [0.25, 0.3) is 0 Å². The van der Waals surface area contributed by atoms with Crippen LogP contribution < -0.4 is 10.5 Å². The maximum Gasteiger partial charge on any atom is 0.322 e. The minimum absolute atomic E-state index is 0.390. The lowest BCUT2D eigenvalue weighted by atomic mass is 10.1. The van der Waals surface area contributed by atoms with E-state index < -0.39 is 6.04 Å². The lowest BCUT2D eigenvalue weighted by molar-refractivity contribution is -0.142. The van der Waals surface area contributed by atoms with Crippen LogP contribution in [0.4, 0.5) is 0 Å². The molecule has 0 fully saturated rings. The molecule has 0 saturated carbocycles. The zero-order chi connectivity index (χ0) is 15.0. The monoisotopic (exact) mass is 279 g/mol. The van der Waals surface area contributed by atoms with Crippen LogP contribution in [-0.4, -0.2) is 25.7 Å². The second-order valence-corrected chi connectivity index (χ2v) is 4.97. The van der Waals surface area contributed by atoms with Crippen LogP contribution in [0.1, 0.15) is 32.3 Å². The first-order valence-corrected chi connectivity index (χ1v) is 7.15. The van der Waals surface area contributed by atoms with Crippen molar-refractivity contribution in [3.05, 3.63) is 29.8 Å². The molecule has 1 aromatic carbocycles. The lowest BCUT2D eigenvalue weighted by Crippen LogP contribution is -2.33. The molecule has 0 spiro atoms. The number of hydrogen-bond donors (Lipinski definition) is 1. The molecular weight excluding hydrogens is 254 g/mol. The molecule has 4 nitrogen and oxygen atoms in total. The summed E-state index contributed by atoms with van der Waals surface area (Å²) < 4.78 is 10.4. The van der Waals surface area contributed by atoms with Gasteiger partial charge in [-0.2, -0.15) is 0 Å². The zero-order valence-electron chi connectivity index (χ0n) is 12.6. The maximum atomic E-state index is 11.3. The number of benzene rings is 1. The Balaban J connectivity index is 2.50. The number of ether oxygens (including phenoxy) is 2. The van der Waals surface area contributed by atoms with Gasteiger partial charge < -0.3 is 15.2 Å². The van der Waals surface area contributed by atoms with Gasteiger partial charge in [-0.05, 0) is 30.0 Å². The number of hydrogen-bond acceptors (Lipinski definition) is 4. The van der Waals surface area contributed by atoms with Crippen molar-refractivity contribution < 1.29 is 14.3 Å². The fourth-order valence-electron chi connectivity index (χ4n) is 1.95. The number of carbonyl (C=O) groups is 1. The quantitative estimate of drug-likeness (QED) is 0.743. The molecule has 0 amide bonds. The van der Waals surface area contributed by atoms with Crippen LogP contribution >= 0.6 is 0 Å². The SMILES string of the molecule is CCC(CC)COc1ccc(CC(N)C(=O)OC)cc1. The largest absolute Gasteiger partial charge is 0.493 e. The van der Waals surface area contributed by atoms with E-state index in [-0.39, 0.29) is 5.97 Å². The first-order chi connectivity index (χ1) is 9.60. The van der Waals surface area contributed by atoms with E-state index in [4.69, 9.17) is 10.5 Å². The first-order valence-electron chi connectivity index (χ1n) is 7.15. The third kappa shape index (κ3) is 5.21. The molecule has 0 radical (unpaired) electrons. The maximum absolute atomic E-state index is 11.3. The molecule has 0 saturated heterocycles. The highest BCUT2D eigenvalue weighted by molar-refractivity contribution is 5.75. The van der Waals surface area contributed by atoms with Crippen molar-refractivity contribution in [2.45, 2.75) is 39.2 Å². The summed E-state index contributed by atoms with van der Waals surface area (Å²) in [6.07, 6.45) is 2.73. The summed E-state index contributed by atoms with van der Waals surface area (Å²) in [4.78, 5) is 11.3. The highest BCUT2D eigenvalue weighted by Crippen LogP contribution is 2.16. The Labute approximate surface area is 121 Å². The smallest absolute Gasteiger partial charge is 0.322 e. The summed E-state index contributed by atoms with van der Waals surface area (Å²) in [5.41, 5.74) is 6.72. The van der Waals surface area contributed by atoms with Crippen molar-refractivity contribution in [2.24, 2.45) is 11.7 Å². The topological polar surface area (TPSA) is 61.5 Å². The van der Waals surface area contributed by atoms with Crippen molar-refractivity contribution in [2.75, 3.05) is 13.7 Å². The molecule has 1 atom stereocenters. The van der Waals surface area contributed by atoms with Gasteiger partial charge in [0.1, 0.15) is 11.8 Å². The summed E-state index contributed by atoms with van der Waals surface area (Å²) in [5, 5.41) is 0. The second-order valence-electron chi connectivity index (χ2n) is 4.97. The van der Waals surface area contributed by atoms with Crippen molar-refractivity contribution in [3.63, 3.8) is 0 Å². The average molecular weight is 279 g/mol. The van der Waals surface area contributed by atoms with Gasteiger partial charge in [0.15, 0.2) is 0 Å². The van der Waals surface area contributed by atoms with Crippen molar-refractivity contribution in [1.82, 2.24) is 0 Å². The van der Waals surface area contributed by atoms with E-state index >= 15 is 0 Å². The van der Waals surface area contributed by atoms with E-state index in [1.54, 1.807) is 0 Å². The number of nitrogens with two attached hydrogens (primary N) is 1. The molecule has 0 aliphatic heterocycles. The molecular formula is C16H25NO3. The van der Waals surface area contributed by atoms with E-state index in [1.807, 2.05) is 24.3 Å². The summed E-state index contributed by atoms with van der Waals surface area (Å²) in [6, 6.07) is 7.09. The van der Waals surface area contributed by atoms with Crippen LogP contribution in [0.2, 0.25) is 0 Å². The van der Waals surface area contributed by atoms with Crippen LogP contribution in [0.15, 0.2) is 24.3 Å². The lowest BCUT2D eigenvalue weighted by Gasteiger charge is -2.14. The van der Waals surface area contributed by atoms with Gasteiger partial charge in [0.2, 0.25) is 0 Å². The Morgan fingerprint density at radius 1 is 1.20 bits per heavy atom. The van der Waals surface area contributed by atoms with Crippen LogP contribution in [-0.2, 0) is 16.0 Å². The first kappa shape index (κ1) is 16.5. The molecule has 2 N–H and O–H groups in total. The molecule has 0 aliphatic rings. The Morgan fingerprint density at radius 2 is 1.80 bits per heavy atom. The predicted molar refractivity (Wildman–Crippen MR) is 79.7 cm³/mol. The van der Waals surface area contributed by atoms with Gasteiger partial charge in [0, 0.05) is 0 Å². The Bertz CT molecular complexity index is 399. The van der Waals surface area contributed by atoms with Gasteiger partial charge in [-0.25, -0.2) is 0 Å². The normalized spacial score (nSPS) is 12.2. The highest BCUT2D eigenvalue weighted by atomic mass is 16.5. The fraction of sp³-hybridized carbons (Fsp3) is 0.562. The van der Waals surface area contributed by atoms with Crippen LogP contribution in [0, 0.1) is 5.92 Å². The van der Waals surface area contributed by atoms with E-state index in [1.165, 1.54) is 7.11 Å². The zero-order valence-corrected chi connectivity index (χ0v) is 12.6. The molecule has 112 valence electrons. The third-order valence-electron chi connectivity index (χ3n) is 3.52. The molecule has 0 aromatic heterocycles. The predicted octanol–water partition coefficient (Wildman–Crippen LogP) is 2.54. The fourth-order valence-corrected chi connectivity index (χ4v) is 1.95. The van der Waals surface area contributed by atoms with Gasteiger partial charge in [-0.3, -0.25) is 4.79 Å². The molecule has 1 aromatic rings. The molecule has 4 heteroatoms.